The van der Waals surface area contributed by atoms with E-state index in [4.69, 9.17) is 16.3 Å². The number of hydrogen-bond acceptors (Lipinski definition) is 4. The molecule has 126 valence electrons. The largest absolute Gasteiger partial charge is 0.372 e. The van der Waals surface area contributed by atoms with E-state index < -0.39 is 6.10 Å². The lowest BCUT2D eigenvalue weighted by Gasteiger charge is -2.11. The van der Waals surface area contributed by atoms with Crippen LogP contribution in [0.3, 0.4) is 0 Å². The highest BCUT2D eigenvalue weighted by Crippen LogP contribution is 2.40. The molecule has 4 nitrogen and oxygen atoms in total. The zero-order valence-corrected chi connectivity index (χ0v) is 15.1. The second-order valence-corrected chi connectivity index (χ2v) is 7.31. The summed E-state index contributed by atoms with van der Waals surface area (Å²) in [5.74, 6) is -0.325. The van der Waals surface area contributed by atoms with Gasteiger partial charge in [-0.15, -0.1) is 11.3 Å². The molecule has 2 aromatic rings. The zero-order chi connectivity index (χ0) is 17.3. The van der Waals surface area contributed by atoms with Gasteiger partial charge in [0.2, 0.25) is 0 Å². The fraction of sp³-hybridized carbons (Fsp3) is 0.333. The first-order valence-corrected chi connectivity index (χ1v) is 8.99. The summed E-state index contributed by atoms with van der Waals surface area (Å²) in [7, 11) is 1.48. The molecule has 24 heavy (non-hydrogen) atoms. The summed E-state index contributed by atoms with van der Waals surface area (Å²) in [6.07, 6.45) is 2.30. The minimum Gasteiger partial charge on any atom is -0.372 e. The normalized spacial score (nSPS) is 14.3. The predicted molar refractivity (Wildman–Crippen MR) is 96.3 cm³/mol. The summed E-state index contributed by atoms with van der Waals surface area (Å²) in [4.78, 5) is 26.4. The fourth-order valence-corrected chi connectivity index (χ4v) is 4.21. The van der Waals surface area contributed by atoms with E-state index in [0.29, 0.717) is 21.2 Å². The van der Waals surface area contributed by atoms with Gasteiger partial charge in [-0.2, -0.15) is 0 Å². The number of amides is 1. The Morgan fingerprint density at radius 2 is 1.96 bits per heavy atom. The van der Waals surface area contributed by atoms with Gasteiger partial charge in [-0.05, 0) is 56.0 Å². The summed E-state index contributed by atoms with van der Waals surface area (Å²) in [5.41, 5.74) is 2.26. The maximum absolute atomic E-state index is 13.0. The zero-order valence-electron chi connectivity index (χ0n) is 13.5. The van der Waals surface area contributed by atoms with E-state index in [1.54, 1.807) is 31.2 Å². The number of methoxy groups -OCH3 is 1. The lowest BCUT2D eigenvalue weighted by molar-refractivity contribution is -0.124. The Hall–Kier alpha value is -1.69. The van der Waals surface area contributed by atoms with Crippen molar-refractivity contribution >= 4 is 39.6 Å². The number of hydrogen-bond donors (Lipinski definition) is 1. The highest BCUT2D eigenvalue weighted by molar-refractivity contribution is 7.17. The van der Waals surface area contributed by atoms with Gasteiger partial charge in [0.15, 0.2) is 5.78 Å². The summed E-state index contributed by atoms with van der Waals surface area (Å²) >= 11 is 7.40. The molecule has 1 N–H and O–H groups in total. The van der Waals surface area contributed by atoms with Gasteiger partial charge in [-0.1, -0.05) is 11.6 Å². The van der Waals surface area contributed by atoms with Crippen molar-refractivity contribution in [2.45, 2.75) is 32.3 Å². The van der Waals surface area contributed by atoms with Gasteiger partial charge in [0.1, 0.15) is 11.1 Å². The molecule has 1 atom stereocenters. The highest BCUT2D eigenvalue weighted by atomic mass is 35.5. The summed E-state index contributed by atoms with van der Waals surface area (Å²) in [6, 6.07) is 6.83. The van der Waals surface area contributed by atoms with E-state index in [2.05, 4.69) is 5.32 Å². The van der Waals surface area contributed by atoms with Gasteiger partial charge < -0.3 is 10.1 Å². The molecule has 0 saturated heterocycles. The third kappa shape index (κ3) is 3.24. The number of ketones is 1. The van der Waals surface area contributed by atoms with E-state index in [1.165, 1.54) is 23.3 Å². The molecule has 1 aromatic carbocycles. The molecule has 0 aliphatic heterocycles. The molecule has 0 saturated carbocycles. The van der Waals surface area contributed by atoms with Crippen molar-refractivity contribution in [1.82, 2.24) is 0 Å². The van der Waals surface area contributed by atoms with Crippen LogP contribution in [0.5, 0.6) is 0 Å². The molecule has 1 aliphatic carbocycles. The van der Waals surface area contributed by atoms with Crippen molar-refractivity contribution in [1.29, 1.82) is 0 Å². The Morgan fingerprint density at radius 3 is 2.62 bits per heavy atom. The van der Waals surface area contributed by atoms with Crippen molar-refractivity contribution in [2.24, 2.45) is 0 Å². The number of aryl methyl sites for hydroxylation is 1. The van der Waals surface area contributed by atoms with Crippen LogP contribution in [0.2, 0.25) is 5.02 Å². The number of rotatable bonds is 5. The first-order valence-electron chi connectivity index (χ1n) is 7.79. The van der Waals surface area contributed by atoms with Crippen LogP contribution in [0, 0.1) is 0 Å². The molecule has 0 fully saturated rings. The quantitative estimate of drug-likeness (QED) is 0.814. The molecule has 1 heterocycles. The third-order valence-corrected chi connectivity index (χ3v) is 5.67. The van der Waals surface area contributed by atoms with Crippen LogP contribution in [0.25, 0.3) is 0 Å². The monoisotopic (exact) mass is 363 g/mol. The van der Waals surface area contributed by atoms with Crippen LogP contribution in [0.15, 0.2) is 24.3 Å². The predicted octanol–water partition coefficient (Wildman–Crippen LogP) is 4.09. The average molecular weight is 364 g/mol. The second-order valence-electron chi connectivity index (χ2n) is 5.76. The van der Waals surface area contributed by atoms with E-state index in [1.807, 2.05) is 0 Å². The summed E-state index contributed by atoms with van der Waals surface area (Å²) in [6.45, 7) is 1.68. The van der Waals surface area contributed by atoms with Gasteiger partial charge in [0.05, 0.1) is 5.56 Å². The van der Waals surface area contributed by atoms with Gasteiger partial charge in [-0.25, -0.2) is 0 Å². The highest BCUT2D eigenvalue weighted by Gasteiger charge is 2.28. The molecule has 0 spiro atoms. The molecule has 1 amide bonds. The van der Waals surface area contributed by atoms with Crippen LogP contribution in [0.4, 0.5) is 5.00 Å². The van der Waals surface area contributed by atoms with Crippen molar-refractivity contribution < 1.29 is 14.3 Å². The molecule has 3 rings (SSSR count). The smallest absolute Gasteiger partial charge is 0.253 e. The molecule has 0 bridgehead atoms. The van der Waals surface area contributed by atoms with Gasteiger partial charge in [0.25, 0.3) is 5.91 Å². The first-order chi connectivity index (χ1) is 11.5. The molecule has 6 heteroatoms. The second kappa shape index (κ2) is 7.05. The fourth-order valence-electron chi connectivity index (χ4n) is 2.80. The van der Waals surface area contributed by atoms with Crippen LogP contribution in [0.1, 0.15) is 39.7 Å². The van der Waals surface area contributed by atoms with Crippen LogP contribution in [-0.2, 0) is 22.4 Å². The van der Waals surface area contributed by atoms with Gasteiger partial charge in [-0.3, -0.25) is 9.59 Å². The molecule has 1 aromatic heterocycles. The summed E-state index contributed by atoms with van der Waals surface area (Å²) in [5, 5.41) is 4.07. The minimum atomic E-state index is -0.569. The number of ether oxygens (including phenoxy) is 1. The lowest BCUT2D eigenvalue weighted by atomic mass is 10.0. The van der Waals surface area contributed by atoms with Crippen molar-refractivity contribution in [3.05, 3.63) is 50.9 Å². The minimum absolute atomic E-state index is 0.0774. The first kappa shape index (κ1) is 17.1. The average Bonchev–Trinajstić information content (AvgIpc) is 3.14. The standard InChI is InChI=1S/C18H18ClNO3S/c1-10(23-2)17(22)20-18-15(13-4-3-5-14(13)24-18)16(21)11-6-8-12(19)9-7-11/h6-10H,3-5H2,1-2H3,(H,20,22)/t10-/m1/s1. The van der Waals surface area contributed by atoms with E-state index in [9.17, 15) is 9.59 Å². The number of nitrogens with one attached hydrogen (secondary N) is 1. The molecule has 0 unspecified atom stereocenters. The lowest BCUT2D eigenvalue weighted by Crippen LogP contribution is -2.27. The van der Waals surface area contributed by atoms with Crippen LogP contribution >= 0.6 is 22.9 Å². The number of carbonyl (C=O) groups excluding carboxylic acids is 2. The van der Waals surface area contributed by atoms with Gasteiger partial charge in [0, 0.05) is 22.6 Å². The number of carbonyl (C=O) groups is 2. The SMILES string of the molecule is CO[C@H](C)C(=O)Nc1sc2c(c1C(=O)c1ccc(Cl)cc1)CCC2. The van der Waals surface area contributed by atoms with Crippen molar-refractivity contribution in [3.63, 3.8) is 0 Å². The van der Waals surface area contributed by atoms with Crippen LogP contribution < -0.4 is 5.32 Å². The molecular weight excluding hydrogens is 346 g/mol. The maximum Gasteiger partial charge on any atom is 0.253 e. The van der Waals surface area contributed by atoms with Crippen molar-refractivity contribution in [3.8, 4) is 0 Å². The number of benzene rings is 1. The number of halogens is 1. The van der Waals surface area contributed by atoms with E-state index >= 15 is 0 Å². The van der Waals surface area contributed by atoms with Crippen LogP contribution in [-0.4, -0.2) is 24.9 Å². The Balaban J connectivity index is 1.98. The number of anilines is 1. The van der Waals surface area contributed by atoms with E-state index in [-0.39, 0.29) is 11.7 Å². The topological polar surface area (TPSA) is 55.4 Å². The Labute approximate surface area is 149 Å². The van der Waals surface area contributed by atoms with Gasteiger partial charge >= 0.3 is 0 Å². The third-order valence-electron chi connectivity index (χ3n) is 4.21. The van der Waals surface area contributed by atoms with E-state index in [0.717, 1.165) is 24.8 Å². The summed E-state index contributed by atoms with van der Waals surface area (Å²) < 4.78 is 5.05. The maximum atomic E-state index is 13.0. The number of fused-ring (bicyclic) bond motifs is 1. The Morgan fingerprint density at radius 1 is 1.25 bits per heavy atom. The number of thiophene rings is 1. The van der Waals surface area contributed by atoms with Crippen molar-refractivity contribution in [2.75, 3.05) is 12.4 Å². The molecule has 1 aliphatic rings. The Bertz CT molecular complexity index is 782. The molecular formula is C18H18ClNO3S. The Kier molecular flexibility index (Phi) is 5.04. The molecule has 0 radical (unpaired) electrons.